The largest absolute Gasteiger partial charge is 0.460 e. The fourth-order valence-electron chi connectivity index (χ4n) is 3.26. The van der Waals surface area contributed by atoms with Crippen molar-refractivity contribution in [1.82, 2.24) is 0 Å². The number of carbonyl (C=O) groups is 1. The molecule has 3 unspecified atom stereocenters. The van der Waals surface area contributed by atoms with Gasteiger partial charge in [0.1, 0.15) is 5.60 Å². The summed E-state index contributed by atoms with van der Waals surface area (Å²) in [6.07, 6.45) is 2.24. The van der Waals surface area contributed by atoms with E-state index >= 15 is 0 Å². The Labute approximate surface area is 108 Å². The second-order valence-electron chi connectivity index (χ2n) is 6.49. The minimum atomic E-state index is -0.373. The molecule has 0 aliphatic heterocycles. The average Bonchev–Trinajstić information content (AvgIpc) is 3.01. The van der Waals surface area contributed by atoms with Crippen molar-refractivity contribution in [2.24, 2.45) is 11.8 Å². The van der Waals surface area contributed by atoms with Crippen molar-refractivity contribution in [2.75, 3.05) is 0 Å². The smallest absolute Gasteiger partial charge is 0.310 e. The van der Waals surface area contributed by atoms with Crippen LogP contribution in [0.25, 0.3) is 0 Å². The molecule has 2 aliphatic rings. The Bertz CT molecular complexity index is 484. The van der Waals surface area contributed by atoms with Gasteiger partial charge in [-0.05, 0) is 50.7 Å². The van der Waals surface area contributed by atoms with Gasteiger partial charge in [-0.2, -0.15) is 0 Å². The number of benzene rings is 1. The van der Waals surface area contributed by atoms with E-state index in [2.05, 4.69) is 24.3 Å². The number of fused-ring (bicyclic) bond motifs is 3. The Morgan fingerprint density at radius 1 is 1.28 bits per heavy atom. The summed E-state index contributed by atoms with van der Waals surface area (Å²) in [7, 11) is 0. The number of ether oxygens (including phenoxy) is 1. The summed E-state index contributed by atoms with van der Waals surface area (Å²) in [5, 5.41) is 0. The third kappa shape index (κ3) is 1.94. The molecule has 3 atom stereocenters. The molecule has 0 bridgehead atoms. The molecule has 2 heteroatoms. The summed E-state index contributed by atoms with van der Waals surface area (Å²) in [4.78, 5) is 12.2. The lowest BCUT2D eigenvalue weighted by atomic mass is 9.92. The van der Waals surface area contributed by atoms with Gasteiger partial charge in [0.15, 0.2) is 0 Å². The maximum Gasteiger partial charge on any atom is 0.310 e. The first kappa shape index (κ1) is 11.8. The van der Waals surface area contributed by atoms with Gasteiger partial charge >= 0.3 is 5.97 Å². The van der Waals surface area contributed by atoms with Crippen LogP contribution in [0.5, 0.6) is 0 Å². The predicted octanol–water partition coefficient (Wildman–Crippen LogP) is 3.30. The van der Waals surface area contributed by atoms with Crippen molar-refractivity contribution in [3.05, 3.63) is 35.4 Å². The van der Waals surface area contributed by atoms with Gasteiger partial charge < -0.3 is 4.74 Å². The third-order valence-electron chi connectivity index (χ3n) is 4.01. The van der Waals surface area contributed by atoms with Crippen LogP contribution in [0.3, 0.4) is 0 Å². The Morgan fingerprint density at radius 3 is 2.72 bits per heavy atom. The summed E-state index contributed by atoms with van der Waals surface area (Å²) < 4.78 is 5.53. The molecule has 0 radical (unpaired) electrons. The fourth-order valence-corrected chi connectivity index (χ4v) is 3.26. The summed E-state index contributed by atoms with van der Waals surface area (Å²) in [5.74, 6) is 1.04. The molecule has 1 aromatic rings. The zero-order chi connectivity index (χ0) is 12.9. The molecule has 0 N–H and O–H groups in total. The van der Waals surface area contributed by atoms with E-state index < -0.39 is 0 Å². The molecular formula is C16H20O2. The number of carbonyl (C=O) groups excluding carboxylic acids is 1. The van der Waals surface area contributed by atoms with Gasteiger partial charge in [-0.1, -0.05) is 24.3 Å². The quantitative estimate of drug-likeness (QED) is 0.708. The Morgan fingerprint density at radius 2 is 2.00 bits per heavy atom. The number of esters is 1. The highest BCUT2D eigenvalue weighted by molar-refractivity contribution is 5.79. The molecule has 1 aromatic carbocycles. The first-order chi connectivity index (χ1) is 8.47. The summed E-state index contributed by atoms with van der Waals surface area (Å²) >= 11 is 0. The molecular weight excluding hydrogens is 224 g/mol. The number of rotatable bonds is 1. The molecule has 0 saturated heterocycles. The van der Waals surface area contributed by atoms with Crippen LogP contribution in [0.1, 0.15) is 44.2 Å². The van der Waals surface area contributed by atoms with E-state index in [-0.39, 0.29) is 17.5 Å². The van der Waals surface area contributed by atoms with Crippen LogP contribution >= 0.6 is 0 Å². The van der Waals surface area contributed by atoms with Crippen LogP contribution in [0.4, 0.5) is 0 Å². The Kier molecular flexibility index (Phi) is 2.51. The highest BCUT2D eigenvalue weighted by atomic mass is 16.6. The van der Waals surface area contributed by atoms with Crippen LogP contribution < -0.4 is 0 Å². The van der Waals surface area contributed by atoms with E-state index in [1.54, 1.807) is 0 Å². The van der Waals surface area contributed by atoms with E-state index in [9.17, 15) is 4.79 Å². The topological polar surface area (TPSA) is 26.3 Å². The predicted molar refractivity (Wildman–Crippen MR) is 70.3 cm³/mol. The maximum absolute atomic E-state index is 12.2. The zero-order valence-corrected chi connectivity index (χ0v) is 11.3. The van der Waals surface area contributed by atoms with Crippen LogP contribution in [-0.4, -0.2) is 11.6 Å². The second-order valence-corrected chi connectivity index (χ2v) is 6.49. The standard InChI is InChI=1S/C16H20O2/c1-16(2,3)18-15(17)14-12-9-8-10-6-4-5-7-11(10)13(12)14/h4-7,12-14H,8-9H2,1-3H3. The molecule has 96 valence electrons. The molecule has 18 heavy (non-hydrogen) atoms. The van der Waals surface area contributed by atoms with Crippen LogP contribution in [0.2, 0.25) is 0 Å². The summed E-state index contributed by atoms with van der Waals surface area (Å²) in [6.45, 7) is 5.81. The molecule has 2 nitrogen and oxygen atoms in total. The van der Waals surface area contributed by atoms with Gasteiger partial charge in [-0.3, -0.25) is 4.79 Å². The fraction of sp³-hybridized carbons (Fsp3) is 0.562. The monoisotopic (exact) mass is 244 g/mol. The first-order valence-electron chi connectivity index (χ1n) is 6.78. The molecule has 3 rings (SSSR count). The second kappa shape index (κ2) is 3.84. The molecule has 1 saturated carbocycles. The van der Waals surface area contributed by atoms with Crippen molar-refractivity contribution in [3.63, 3.8) is 0 Å². The molecule has 0 amide bonds. The Balaban J connectivity index is 1.79. The van der Waals surface area contributed by atoms with E-state index in [1.807, 2.05) is 20.8 Å². The lowest BCUT2D eigenvalue weighted by Crippen LogP contribution is -2.25. The molecule has 1 fully saturated rings. The van der Waals surface area contributed by atoms with Gasteiger partial charge in [0.25, 0.3) is 0 Å². The lowest BCUT2D eigenvalue weighted by Gasteiger charge is -2.19. The number of aryl methyl sites for hydroxylation is 1. The normalized spacial score (nSPS) is 29.2. The van der Waals surface area contributed by atoms with Crippen LogP contribution in [-0.2, 0) is 16.0 Å². The van der Waals surface area contributed by atoms with Crippen molar-refractivity contribution < 1.29 is 9.53 Å². The van der Waals surface area contributed by atoms with Gasteiger partial charge in [0.05, 0.1) is 5.92 Å². The minimum absolute atomic E-state index is 0.00537. The van der Waals surface area contributed by atoms with Gasteiger partial charge in [-0.25, -0.2) is 0 Å². The van der Waals surface area contributed by atoms with E-state index in [4.69, 9.17) is 4.74 Å². The zero-order valence-electron chi connectivity index (χ0n) is 11.3. The lowest BCUT2D eigenvalue weighted by molar-refractivity contribution is -0.157. The molecule has 0 aromatic heterocycles. The number of hydrogen-bond donors (Lipinski definition) is 0. The van der Waals surface area contributed by atoms with Gasteiger partial charge in [0, 0.05) is 5.92 Å². The first-order valence-corrected chi connectivity index (χ1v) is 6.78. The Hall–Kier alpha value is -1.31. The average molecular weight is 244 g/mol. The van der Waals surface area contributed by atoms with Crippen molar-refractivity contribution in [3.8, 4) is 0 Å². The van der Waals surface area contributed by atoms with Crippen molar-refractivity contribution >= 4 is 5.97 Å². The van der Waals surface area contributed by atoms with Crippen molar-refractivity contribution in [2.45, 2.75) is 45.1 Å². The molecule has 0 heterocycles. The van der Waals surface area contributed by atoms with Crippen molar-refractivity contribution in [1.29, 1.82) is 0 Å². The third-order valence-corrected chi connectivity index (χ3v) is 4.01. The SMILES string of the molecule is CC(C)(C)OC(=O)C1C2CCc3ccccc3C21. The van der Waals surface area contributed by atoms with Gasteiger partial charge in [-0.15, -0.1) is 0 Å². The van der Waals surface area contributed by atoms with Crippen LogP contribution in [0.15, 0.2) is 24.3 Å². The summed E-state index contributed by atoms with van der Waals surface area (Å²) in [5.41, 5.74) is 2.43. The molecule has 2 aliphatic carbocycles. The van der Waals surface area contributed by atoms with E-state index in [0.717, 1.165) is 12.8 Å². The highest BCUT2D eigenvalue weighted by Crippen LogP contribution is 2.60. The van der Waals surface area contributed by atoms with Gasteiger partial charge in [0.2, 0.25) is 0 Å². The minimum Gasteiger partial charge on any atom is -0.460 e. The highest BCUT2D eigenvalue weighted by Gasteiger charge is 2.58. The summed E-state index contributed by atoms with van der Waals surface area (Å²) in [6, 6.07) is 8.53. The van der Waals surface area contributed by atoms with Crippen LogP contribution in [0, 0.1) is 11.8 Å². The molecule has 0 spiro atoms. The van der Waals surface area contributed by atoms with E-state index in [0.29, 0.717) is 11.8 Å². The number of hydrogen-bond acceptors (Lipinski definition) is 2. The van der Waals surface area contributed by atoms with E-state index in [1.165, 1.54) is 11.1 Å². The maximum atomic E-state index is 12.2.